The van der Waals surface area contributed by atoms with E-state index in [9.17, 15) is 8.42 Å². The van der Waals surface area contributed by atoms with Crippen LogP contribution >= 0.6 is 0 Å². The first-order valence-electron chi connectivity index (χ1n) is 6.44. The molecule has 0 saturated heterocycles. The van der Waals surface area contributed by atoms with Crippen LogP contribution in [0, 0.1) is 6.92 Å². The second-order valence-electron chi connectivity index (χ2n) is 4.79. The molecule has 0 saturated carbocycles. The van der Waals surface area contributed by atoms with E-state index in [-0.39, 0.29) is 11.4 Å². The summed E-state index contributed by atoms with van der Waals surface area (Å²) in [6.07, 6.45) is 0.732. The number of para-hydroxylation sites is 1. The lowest BCUT2D eigenvalue weighted by Crippen LogP contribution is -2.29. The van der Waals surface area contributed by atoms with Crippen molar-refractivity contribution >= 4 is 15.7 Å². The second-order valence-corrected chi connectivity index (χ2v) is 6.62. The Morgan fingerprint density at radius 2 is 2.10 bits per heavy atom. The van der Waals surface area contributed by atoms with Crippen LogP contribution < -0.4 is 10.0 Å². The number of rotatable bonds is 3. The molecule has 1 aromatic heterocycles. The van der Waals surface area contributed by atoms with E-state index in [4.69, 9.17) is 10.2 Å². The normalized spacial score (nSPS) is 14.6. The molecule has 0 radical (unpaired) electrons. The molecule has 0 aliphatic carbocycles. The molecule has 0 amide bonds. The van der Waals surface area contributed by atoms with Crippen LogP contribution in [0.1, 0.15) is 17.1 Å². The average Bonchev–Trinajstić information content (AvgIpc) is 3.02. The number of benzene rings is 1. The minimum atomic E-state index is -3.59. The third-order valence-electron chi connectivity index (χ3n) is 3.54. The zero-order chi connectivity index (χ0) is 14.3. The number of fused-ring (bicyclic) bond motifs is 1. The van der Waals surface area contributed by atoms with Crippen molar-refractivity contribution in [2.75, 3.05) is 10.8 Å². The summed E-state index contributed by atoms with van der Waals surface area (Å²) in [4.78, 5) is 0.203. The SMILES string of the molecule is Cc1oc(CN)cc1S(=O)(=O)N1CCc2ccccc21. The van der Waals surface area contributed by atoms with Crippen LogP contribution in [0.4, 0.5) is 5.69 Å². The van der Waals surface area contributed by atoms with E-state index in [2.05, 4.69) is 0 Å². The van der Waals surface area contributed by atoms with Crippen molar-refractivity contribution in [3.8, 4) is 0 Å². The number of hydrogen-bond acceptors (Lipinski definition) is 4. The summed E-state index contributed by atoms with van der Waals surface area (Å²) in [6, 6.07) is 9.08. The molecule has 2 heterocycles. The standard InChI is InChI=1S/C14H16N2O3S/c1-10-14(8-12(9-15)19-10)20(17,18)16-7-6-11-4-2-3-5-13(11)16/h2-5,8H,6-7,9,15H2,1H3. The lowest BCUT2D eigenvalue weighted by Gasteiger charge is -2.18. The molecule has 2 aromatic rings. The van der Waals surface area contributed by atoms with Crippen molar-refractivity contribution in [3.05, 3.63) is 47.4 Å². The van der Waals surface area contributed by atoms with Crippen molar-refractivity contribution in [2.24, 2.45) is 5.73 Å². The van der Waals surface area contributed by atoms with Crippen molar-refractivity contribution in [1.82, 2.24) is 0 Å². The predicted octanol–water partition coefficient (Wildman–Crippen LogP) is 1.80. The first kappa shape index (κ1) is 13.2. The van der Waals surface area contributed by atoms with Crippen molar-refractivity contribution in [2.45, 2.75) is 24.8 Å². The summed E-state index contributed by atoms with van der Waals surface area (Å²) in [7, 11) is -3.59. The van der Waals surface area contributed by atoms with Gasteiger partial charge in [0.05, 0.1) is 12.2 Å². The molecular weight excluding hydrogens is 276 g/mol. The van der Waals surface area contributed by atoms with Gasteiger partial charge in [-0.15, -0.1) is 0 Å². The average molecular weight is 292 g/mol. The molecule has 106 valence electrons. The van der Waals surface area contributed by atoms with Gasteiger partial charge in [0.2, 0.25) is 0 Å². The first-order chi connectivity index (χ1) is 9.54. The molecule has 20 heavy (non-hydrogen) atoms. The molecule has 1 aliphatic heterocycles. The molecule has 0 unspecified atom stereocenters. The van der Waals surface area contributed by atoms with E-state index < -0.39 is 10.0 Å². The molecule has 0 spiro atoms. The fourth-order valence-electron chi connectivity index (χ4n) is 2.56. The molecule has 1 aliphatic rings. The summed E-state index contributed by atoms with van der Waals surface area (Å²) in [5.74, 6) is 0.864. The maximum atomic E-state index is 12.8. The fraction of sp³-hybridized carbons (Fsp3) is 0.286. The van der Waals surface area contributed by atoms with Gasteiger partial charge in [-0.2, -0.15) is 0 Å². The predicted molar refractivity (Wildman–Crippen MR) is 76.0 cm³/mol. The highest BCUT2D eigenvalue weighted by Crippen LogP contribution is 2.34. The van der Waals surface area contributed by atoms with Crippen molar-refractivity contribution < 1.29 is 12.8 Å². The van der Waals surface area contributed by atoms with Gasteiger partial charge in [-0.05, 0) is 25.0 Å². The van der Waals surface area contributed by atoms with Crippen LogP contribution in [-0.2, 0) is 23.0 Å². The zero-order valence-electron chi connectivity index (χ0n) is 11.2. The van der Waals surface area contributed by atoms with E-state index in [1.165, 1.54) is 10.4 Å². The van der Waals surface area contributed by atoms with Gasteiger partial charge < -0.3 is 10.2 Å². The Kier molecular flexibility index (Phi) is 3.07. The van der Waals surface area contributed by atoms with Gasteiger partial charge in [-0.3, -0.25) is 4.31 Å². The Morgan fingerprint density at radius 3 is 2.80 bits per heavy atom. The lowest BCUT2D eigenvalue weighted by atomic mass is 10.2. The van der Waals surface area contributed by atoms with Gasteiger partial charge in [0.15, 0.2) is 0 Å². The lowest BCUT2D eigenvalue weighted by molar-refractivity contribution is 0.479. The summed E-state index contributed by atoms with van der Waals surface area (Å²) < 4.78 is 32.4. The maximum absolute atomic E-state index is 12.8. The molecule has 0 atom stereocenters. The zero-order valence-corrected chi connectivity index (χ0v) is 12.0. The van der Waals surface area contributed by atoms with Gasteiger partial charge in [0.1, 0.15) is 16.4 Å². The number of sulfonamides is 1. The maximum Gasteiger partial charge on any atom is 0.267 e. The number of furan rings is 1. The number of aryl methyl sites for hydroxylation is 1. The molecular formula is C14H16N2O3S. The summed E-state index contributed by atoms with van der Waals surface area (Å²) in [5, 5.41) is 0. The quantitative estimate of drug-likeness (QED) is 0.935. The van der Waals surface area contributed by atoms with Gasteiger partial charge in [0.25, 0.3) is 10.0 Å². The van der Waals surface area contributed by atoms with E-state index in [0.717, 1.165) is 17.7 Å². The van der Waals surface area contributed by atoms with E-state index >= 15 is 0 Å². The Labute approximate surface area is 118 Å². The number of nitrogens with zero attached hydrogens (tertiary/aromatic N) is 1. The molecule has 6 heteroatoms. The molecule has 0 bridgehead atoms. The number of hydrogen-bond donors (Lipinski definition) is 1. The molecule has 0 fully saturated rings. The van der Waals surface area contributed by atoms with E-state index in [1.54, 1.807) is 6.92 Å². The van der Waals surface area contributed by atoms with Crippen LogP contribution in [-0.4, -0.2) is 15.0 Å². The largest absolute Gasteiger partial charge is 0.464 e. The molecule has 2 N–H and O–H groups in total. The van der Waals surface area contributed by atoms with Crippen LogP contribution in [0.15, 0.2) is 39.6 Å². The highest BCUT2D eigenvalue weighted by molar-refractivity contribution is 7.92. The summed E-state index contributed by atoms with van der Waals surface area (Å²) >= 11 is 0. The van der Waals surface area contributed by atoms with Gasteiger partial charge >= 0.3 is 0 Å². The Hall–Kier alpha value is -1.79. The molecule has 5 nitrogen and oxygen atoms in total. The van der Waals surface area contributed by atoms with Gasteiger partial charge in [-0.25, -0.2) is 8.42 Å². The van der Waals surface area contributed by atoms with E-state index in [1.807, 2.05) is 24.3 Å². The molecule has 1 aromatic carbocycles. The van der Waals surface area contributed by atoms with Crippen LogP contribution in [0.2, 0.25) is 0 Å². The van der Waals surface area contributed by atoms with Gasteiger partial charge in [0, 0.05) is 12.6 Å². The Bertz CT molecular complexity index is 750. The fourth-order valence-corrected chi connectivity index (χ4v) is 4.25. The smallest absolute Gasteiger partial charge is 0.267 e. The number of anilines is 1. The first-order valence-corrected chi connectivity index (χ1v) is 7.88. The van der Waals surface area contributed by atoms with Crippen LogP contribution in [0.25, 0.3) is 0 Å². The Balaban J connectivity index is 2.07. The minimum Gasteiger partial charge on any atom is -0.464 e. The third-order valence-corrected chi connectivity index (χ3v) is 5.46. The summed E-state index contributed by atoms with van der Waals surface area (Å²) in [6.45, 7) is 2.30. The van der Waals surface area contributed by atoms with Crippen molar-refractivity contribution in [1.29, 1.82) is 0 Å². The highest BCUT2D eigenvalue weighted by Gasteiger charge is 2.33. The number of nitrogens with two attached hydrogens (primary N) is 1. The van der Waals surface area contributed by atoms with Gasteiger partial charge in [-0.1, -0.05) is 18.2 Å². The highest BCUT2D eigenvalue weighted by atomic mass is 32.2. The second kappa shape index (κ2) is 4.64. The van der Waals surface area contributed by atoms with Crippen LogP contribution in [0.3, 0.4) is 0 Å². The van der Waals surface area contributed by atoms with E-state index in [0.29, 0.717) is 18.1 Å². The van der Waals surface area contributed by atoms with Crippen molar-refractivity contribution in [3.63, 3.8) is 0 Å². The van der Waals surface area contributed by atoms with Crippen LogP contribution in [0.5, 0.6) is 0 Å². The minimum absolute atomic E-state index is 0.187. The molecule has 3 rings (SSSR count). The topological polar surface area (TPSA) is 76.5 Å². The third kappa shape index (κ3) is 1.92. The monoisotopic (exact) mass is 292 g/mol. The Morgan fingerprint density at radius 1 is 1.35 bits per heavy atom. The summed E-state index contributed by atoms with van der Waals surface area (Å²) in [5.41, 5.74) is 7.31.